The monoisotopic (exact) mass is 232 g/mol. The van der Waals surface area contributed by atoms with Crippen LogP contribution in [-0.2, 0) is 10.2 Å². The molecule has 2 nitrogen and oxygen atoms in total. The fraction of sp³-hybridized carbons (Fsp3) is 0.533. The van der Waals surface area contributed by atoms with Crippen molar-refractivity contribution in [3.05, 3.63) is 35.4 Å². The van der Waals surface area contributed by atoms with Crippen molar-refractivity contribution in [1.82, 2.24) is 0 Å². The smallest absolute Gasteiger partial charge is 0.304 e. The van der Waals surface area contributed by atoms with E-state index in [1.54, 1.807) is 0 Å². The molecule has 1 aromatic carbocycles. The van der Waals surface area contributed by atoms with Crippen molar-refractivity contribution in [3.8, 4) is 0 Å². The van der Waals surface area contributed by atoms with Crippen molar-refractivity contribution in [2.75, 3.05) is 0 Å². The second-order valence-electron chi connectivity index (χ2n) is 5.45. The normalized spacial score (nSPS) is 17.8. The fourth-order valence-corrected chi connectivity index (χ4v) is 2.92. The number of carboxylic acid groups (broad SMARTS) is 1. The minimum atomic E-state index is -0.678. The third-order valence-corrected chi connectivity index (χ3v) is 3.95. The van der Waals surface area contributed by atoms with Gasteiger partial charge in [-0.05, 0) is 29.9 Å². The van der Waals surface area contributed by atoms with Crippen LogP contribution in [-0.4, -0.2) is 11.1 Å². The van der Waals surface area contributed by atoms with Gasteiger partial charge in [-0.2, -0.15) is 0 Å². The van der Waals surface area contributed by atoms with E-state index in [9.17, 15) is 4.79 Å². The Kier molecular flexibility index (Phi) is 3.23. The van der Waals surface area contributed by atoms with Crippen LogP contribution in [0.15, 0.2) is 24.3 Å². The molecule has 1 fully saturated rings. The molecule has 92 valence electrons. The average Bonchev–Trinajstić information content (AvgIpc) is 2.23. The Balaban J connectivity index is 2.40. The Bertz CT molecular complexity index is 417. The summed E-state index contributed by atoms with van der Waals surface area (Å²) in [5.41, 5.74) is 2.49. The molecule has 0 unspecified atom stereocenters. The van der Waals surface area contributed by atoms with E-state index < -0.39 is 5.97 Å². The van der Waals surface area contributed by atoms with Crippen molar-refractivity contribution in [2.45, 2.75) is 50.9 Å². The molecule has 0 aromatic heterocycles. The Morgan fingerprint density at radius 1 is 1.35 bits per heavy atom. The van der Waals surface area contributed by atoms with Gasteiger partial charge in [-0.1, -0.05) is 44.5 Å². The van der Waals surface area contributed by atoms with Crippen LogP contribution in [0.3, 0.4) is 0 Å². The lowest BCUT2D eigenvalue weighted by molar-refractivity contribution is -0.139. The molecule has 0 saturated heterocycles. The number of hydrogen-bond donors (Lipinski definition) is 1. The summed E-state index contributed by atoms with van der Waals surface area (Å²) < 4.78 is 0. The zero-order valence-corrected chi connectivity index (χ0v) is 10.6. The summed E-state index contributed by atoms with van der Waals surface area (Å²) in [6.07, 6.45) is 3.46. The molecule has 0 radical (unpaired) electrons. The number of carbonyl (C=O) groups is 1. The molecule has 2 heteroatoms. The number of rotatable bonds is 4. The average molecular weight is 232 g/mol. The summed E-state index contributed by atoms with van der Waals surface area (Å²) in [6.45, 7) is 4.35. The van der Waals surface area contributed by atoms with Crippen LogP contribution in [0.2, 0.25) is 0 Å². The van der Waals surface area contributed by atoms with Crippen LogP contribution in [0.4, 0.5) is 0 Å². The molecule has 17 heavy (non-hydrogen) atoms. The summed E-state index contributed by atoms with van der Waals surface area (Å²) in [7, 11) is 0. The highest BCUT2D eigenvalue weighted by Gasteiger charge is 2.41. The molecule has 2 rings (SSSR count). The molecule has 1 aliphatic carbocycles. The maximum atomic E-state index is 11.1. The van der Waals surface area contributed by atoms with Gasteiger partial charge < -0.3 is 5.11 Å². The Morgan fingerprint density at radius 3 is 2.47 bits per heavy atom. The molecule has 0 heterocycles. The van der Waals surface area contributed by atoms with Gasteiger partial charge in [-0.3, -0.25) is 4.79 Å². The fourth-order valence-electron chi connectivity index (χ4n) is 2.92. The van der Waals surface area contributed by atoms with Gasteiger partial charge >= 0.3 is 5.97 Å². The molecule has 1 aliphatic rings. The molecular formula is C15H20O2. The first-order chi connectivity index (χ1) is 8.05. The van der Waals surface area contributed by atoms with Gasteiger partial charge in [0, 0.05) is 5.41 Å². The van der Waals surface area contributed by atoms with Gasteiger partial charge in [0.1, 0.15) is 0 Å². The van der Waals surface area contributed by atoms with Gasteiger partial charge in [0.15, 0.2) is 0 Å². The maximum absolute atomic E-state index is 11.1. The second-order valence-corrected chi connectivity index (χ2v) is 5.45. The van der Waals surface area contributed by atoms with Gasteiger partial charge in [0.05, 0.1) is 6.42 Å². The largest absolute Gasteiger partial charge is 0.481 e. The Morgan fingerprint density at radius 2 is 2.00 bits per heavy atom. The predicted molar refractivity (Wildman–Crippen MR) is 68.3 cm³/mol. The van der Waals surface area contributed by atoms with E-state index in [0.717, 1.165) is 19.3 Å². The molecule has 0 bridgehead atoms. The molecule has 0 amide bonds. The van der Waals surface area contributed by atoms with Crippen LogP contribution in [0.5, 0.6) is 0 Å². The third kappa shape index (κ3) is 2.21. The Labute approximate surface area is 103 Å². The van der Waals surface area contributed by atoms with Crippen LogP contribution < -0.4 is 0 Å². The van der Waals surface area contributed by atoms with E-state index in [0.29, 0.717) is 5.92 Å². The zero-order valence-electron chi connectivity index (χ0n) is 10.6. The SMILES string of the molecule is CC(C)c1ccccc1C1(CC(=O)O)CCC1. The third-order valence-electron chi connectivity index (χ3n) is 3.95. The lowest BCUT2D eigenvalue weighted by Crippen LogP contribution is -2.37. The number of aliphatic carboxylic acids is 1. The first-order valence-corrected chi connectivity index (χ1v) is 6.36. The minimum Gasteiger partial charge on any atom is -0.481 e. The maximum Gasteiger partial charge on any atom is 0.304 e. The molecule has 0 aliphatic heterocycles. The highest BCUT2D eigenvalue weighted by atomic mass is 16.4. The molecule has 1 saturated carbocycles. The second kappa shape index (κ2) is 4.52. The summed E-state index contributed by atoms with van der Waals surface area (Å²) in [5, 5.41) is 9.10. The van der Waals surface area contributed by atoms with Crippen molar-refractivity contribution in [1.29, 1.82) is 0 Å². The van der Waals surface area contributed by atoms with Gasteiger partial charge in [0.2, 0.25) is 0 Å². The summed E-state index contributed by atoms with van der Waals surface area (Å²) in [5.74, 6) is -0.222. The first-order valence-electron chi connectivity index (χ1n) is 6.36. The number of hydrogen-bond acceptors (Lipinski definition) is 1. The van der Waals surface area contributed by atoms with Gasteiger partial charge in [-0.25, -0.2) is 0 Å². The van der Waals surface area contributed by atoms with E-state index in [2.05, 4.69) is 26.0 Å². The van der Waals surface area contributed by atoms with Crippen LogP contribution >= 0.6 is 0 Å². The number of benzene rings is 1. The van der Waals surface area contributed by atoms with E-state index in [1.165, 1.54) is 11.1 Å². The van der Waals surface area contributed by atoms with Crippen molar-refractivity contribution in [3.63, 3.8) is 0 Å². The van der Waals surface area contributed by atoms with E-state index >= 15 is 0 Å². The standard InChI is InChI=1S/C15H20O2/c1-11(2)12-6-3-4-7-13(12)15(8-5-9-15)10-14(16)17/h3-4,6-7,11H,5,8-10H2,1-2H3,(H,16,17). The summed E-state index contributed by atoms with van der Waals surface area (Å²) >= 11 is 0. The topological polar surface area (TPSA) is 37.3 Å². The van der Waals surface area contributed by atoms with Crippen molar-refractivity contribution < 1.29 is 9.90 Å². The van der Waals surface area contributed by atoms with E-state index in [1.807, 2.05) is 12.1 Å². The Hall–Kier alpha value is -1.31. The van der Waals surface area contributed by atoms with E-state index in [-0.39, 0.29) is 11.8 Å². The zero-order chi connectivity index (χ0) is 12.5. The van der Waals surface area contributed by atoms with Gasteiger partial charge in [-0.15, -0.1) is 0 Å². The van der Waals surface area contributed by atoms with Crippen molar-refractivity contribution in [2.24, 2.45) is 0 Å². The minimum absolute atomic E-state index is 0.0906. The quantitative estimate of drug-likeness (QED) is 0.859. The predicted octanol–water partition coefficient (Wildman–Crippen LogP) is 3.71. The lowest BCUT2D eigenvalue weighted by Gasteiger charge is -2.43. The molecule has 1 N–H and O–H groups in total. The molecule has 0 atom stereocenters. The highest BCUT2D eigenvalue weighted by Crippen LogP contribution is 2.48. The van der Waals surface area contributed by atoms with Crippen LogP contribution in [0.25, 0.3) is 0 Å². The molecule has 0 spiro atoms. The van der Waals surface area contributed by atoms with Crippen LogP contribution in [0.1, 0.15) is 56.6 Å². The lowest BCUT2D eigenvalue weighted by atomic mass is 9.61. The first kappa shape index (κ1) is 12.2. The highest BCUT2D eigenvalue weighted by molar-refractivity contribution is 5.69. The van der Waals surface area contributed by atoms with E-state index in [4.69, 9.17) is 5.11 Å². The molecule has 1 aromatic rings. The summed E-state index contributed by atoms with van der Waals surface area (Å²) in [6, 6.07) is 8.34. The molecular weight excluding hydrogens is 212 g/mol. The van der Waals surface area contributed by atoms with Crippen LogP contribution in [0, 0.1) is 0 Å². The van der Waals surface area contributed by atoms with Crippen molar-refractivity contribution >= 4 is 5.97 Å². The summed E-state index contributed by atoms with van der Waals surface area (Å²) in [4.78, 5) is 11.1. The van der Waals surface area contributed by atoms with Gasteiger partial charge in [0.25, 0.3) is 0 Å². The number of carboxylic acids is 1.